The number of fused-ring (bicyclic) bond motifs is 1. The van der Waals surface area contributed by atoms with Gasteiger partial charge in [-0.3, -0.25) is 4.68 Å². The van der Waals surface area contributed by atoms with Crippen molar-refractivity contribution in [1.29, 1.82) is 0 Å². The third-order valence-corrected chi connectivity index (χ3v) is 3.95. The minimum atomic E-state index is 0.321. The van der Waals surface area contributed by atoms with Crippen molar-refractivity contribution < 1.29 is 0 Å². The smallest absolute Gasteiger partial charge is 0.125 e. The van der Waals surface area contributed by atoms with Crippen molar-refractivity contribution in [3.05, 3.63) is 29.7 Å². The first-order valence-electron chi connectivity index (χ1n) is 7.66. The standard InChI is InChI=1S/C15H23N5/c1-3-5-6-13-9-15-16-8-7-14(20(15)18-13)12-10-17-19(4-2)11-12/h9-11,14,16H,3-8H2,1-2H3. The van der Waals surface area contributed by atoms with Crippen LogP contribution in [0.3, 0.4) is 0 Å². The van der Waals surface area contributed by atoms with E-state index < -0.39 is 0 Å². The summed E-state index contributed by atoms with van der Waals surface area (Å²) >= 11 is 0. The Balaban J connectivity index is 1.86. The first-order chi connectivity index (χ1) is 9.81. The Morgan fingerprint density at radius 1 is 1.40 bits per heavy atom. The van der Waals surface area contributed by atoms with Gasteiger partial charge in [0.05, 0.1) is 17.9 Å². The van der Waals surface area contributed by atoms with Crippen molar-refractivity contribution in [2.75, 3.05) is 11.9 Å². The fourth-order valence-corrected chi connectivity index (χ4v) is 2.79. The molecule has 0 spiro atoms. The molecule has 3 rings (SSSR count). The molecule has 2 aromatic heterocycles. The van der Waals surface area contributed by atoms with Gasteiger partial charge < -0.3 is 5.32 Å². The molecule has 1 aliphatic rings. The van der Waals surface area contributed by atoms with Crippen molar-refractivity contribution in [2.24, 2.45) is 0 Å². The average molecular weight is 273 g/mol. The molecule has 0 saturated carbocycles. The quantitative estimate of drug-likeness (QED) is 0.911. The van der Waals surface area contributed by atoms with Crippen LogP contribution in [0.4, 0.5) is 5.82 Å². The van der Waals surface area contributed by atoms with Gasteiger partial charge in [0, 0.05) is 30.9 Å². The molecule has 0 bridgehead atoms. The highest BCUT2D eigenvalue weighted by atomic mass is 15.4. The minimum absolute atomic E-state index is 0.321. The van der Waals surface area contributed by atoms with Gasteiger partial charge in [-0.25, -0.2) is 4.68 Å². The number of hydrogen-bond donors (Lipinski definition) is 1. The number of aromatic nitrogens is 4. The van der Waals surface area contributed by atoms with E-state index in [1.165, 1.54) is 24.1 Å². The van der Waals surface area contributed by atoms with Gasteiger partial charge in [-0.1, -0.05) is 13.3 Å². The highest BCUT2D eigenvalue weighted by molar-refractivity contribution is 5.41. The van der Waals surface area contributed by atoms with Crippen molar-refractivity contribution in [2.45, 2.75) is 52.1 Å². The molecular formula is C15H23N5. The summed E-state index contributed by atoms with van der Waals surface area (Å²) in [6.07, 6.45) is 8.68. The lowest BCUT2D eigenvalue weighted by Crippen LogP contribution is -2.24. The zero-order valence-corrected chi connectivity index (χ0v) is 12.3. The first-order valence-corrected chi connectivity index (χ1v) is 7.66. The van der Waals surface area contributed by atoms with Crippen LogP contribution >= 0.6 is 0 Å². The molecule has 5 nitrogen and oxygen atoms in total. The van der Waals surface area contributed by atoms with Gasteiger partial charge in [0.1, 0.15) is 5.82 Å². The van der Waals surface area contributed by atoms with E-state index in [1.54, 1.807) is 0 Å². The second-order valence-electron chi connectivity index (χ2n) is 5.43. The minimum Gasteiger partial charge on any atom is -0.370 e. The van der Waals surface area contributed by atoms with E-state index >= 15 is 0 Å². The molecular weight excluding hydrogens is 250 g/mol. The Kier molecular flexibility index (Phi) is 3.76. The summed E-state index contributed by atoms with van der Waals surface area (Å²) in [5, 5.41) is 12.6. The van der Waals surface area contributed by atoms with E-state index in [2.05, 4.69) is 41.2 Å². The number of nitrogens with zero attached hydrogens (tertiary/aromatic N) is 4. The molecule has 1 N–H and O–H groups in total. The lowest BCUT2D eigenvalue weighted by molar-refractivity contribution is 0.476. The largest absolute Gasteiger partial charge is 0.370 e. The summed E-state index contributed by atoms with van der Waals surface area (Å²) in [5.74, 6) is 1.15. The van der Waals surface area contributed by atoms with Crippen LogP contribution in [0.2, 0.25) is 0 Å². The second kappa shape index (κ2) is 5.69. The first kappa shape index (κ1) is 13.2. The van der Waals surface area contributed by atoms with E-state index in [4.69, 9.17) is 5.10 Å². The molecule has 1 unspecified atom stereocenters. The van der Waals surface area contributed by atoms with Gasteiger partial charge in [-0.15, -0.1) is 0 Å². The fourth-order valence-electron chi connectivity index (χ4n) is 2.79. The van der Waals surface area contributed by atoms with Gasteiger partial charge in [0.25, 0.3) is 0 Å². The fraction of sp³-hybridized carbons (Fsp3) is 0.600. The summed E-state index contributed by atoms with van der Waals surface area (Å²) < 4.78 is 4.13. The SMILES string of the molecule is CCCCc1cc2n(n1)C(c1cnn(CC)c1)CCN2. The van der Waals surface area contributed by atoms with E-state index in [-0.39, 0.29) is 0 Å². The monoisotopic (exact) mass is 273 g/mol. The summed E-state index contributed by atoms with van der Waals surface area (Å²) in [6.45, 7) is 6.25. The number of unbranched alkanes of at least 4 members (excludes halogenated alkanes) is 1. The molecule has 0 amide bonds. The van der Waals surface area contributed by atoms with E-state index in [9.17, 15) is 0 Å². The highest BCUT2D eigenvalue weighted by Gasteiger charge is 2.24. The second-order valence-corrected chi connectivity index (χ2v) is 5.43. The van der Waals surface area contributed by atoms with Gasteiger partial charge in [0.15, 0.2) is 0 Å². The molecule has 5 heteroatoms. The molecule has 1 atom stereocenters. The van der Waals surface area contributed by atoms with E-state index in [0.29, 0.717) is 6.04 Å². The van der Waals surface area contributed by atoms with Crippen LogP contribution in [-0.4, -0.2) is 26.1 Å². The highest BCUT2D eigenvalue weighted by Crippen LogP contribution is 2.29. The maximum Gasteiger partial charge on any atom is 0.125 e. The van der Waals surface area contributed by atoms with Gasteiger partial charge >= 0.3 is 0 Å². The predicted octanol–water partition coefficient (Wildman–Crippen LogP) is 2.85. The maximum absolute atomic E-state index is 4.80. The van der Waals surface area contributed by atoms with E-state index in [1.807, 2.05) is 10.9 Å². The molecule has 0 fully saturated rings. The van der Waals surface area contributed by atoms with Gasteiger partial charge in [-0.05, 0) is 26.2 Å². The molecule has 20 heavy (non-hydrogen) atoms. The third-order valence-electron chi connectivity index (χ3n) is 3.95. The lowest BCUT2D eigenvalue weighted by atomic mass is 10.1. The topological polar surface area (TPSA) is 47.7 Å². The number of rotatable bonds is 5. The summed E-state index contributed by atoms with van der Waals surface area (Å²) in [6, 6.07) is 2.52. The van der Waals surface area contributed by atoms with Crippen molar-refractivity contribution in [3.8, 4) is 0 Å². The van der Waals surface area contributed by atoms with Crippen LogP contribution in [0.5, 0.6) is 0 Å². The van der Waals surface area contributed by atoms with Crippen LogP contribution in [0.1, 0.15) is 50.4 Å². The molecule has 2 aromatic rings. The lowest BCUT2D eigenvalue weighted by Gasteiger charge is -2.24. The van der Waals surface area contributed by atoms with Crippen LogP contribution < -0.4 is 5.32 Å². The molecule has 0 aromatic carbocycles. The molecule has 3 heterocycles. The van der Waals surface area contributed by atoms with Crippen LogP contribution in [0.25, 0.3) is 0 Å². The normalized spacial score (nSPS) is 17.8. The van der Waals surface area contributed by atoms with Crippen molar-refractivity contribution in [1.82, 2.24) is 19.6 Å². The predicted molar refractivity (Wildman–Crippen MR) is 80.0 cm³/mol. The van der Waals surface area contributed by atoms with Crippen molar-refractivity contribution in [3.63, 3.8) is 0 Å². The Bertz CT molecular complexity index is 569. The van der Waals surface area contributed by atoms with Gasteiger partial charge in [-0.2, -0.15) is 10.2 Å². The zero-order valence-electron chi connectivity index (χ0n) is 12.3. The summed E-state index contributed by atoms with van der Waals surface area (Å²) in [7, 11) is 0. The van der Waals surface area contributed by atoms with Crippen LogP contribution in [-0.2, 0) is 13.0 Å². The third kappa shape index (κ3) is 2.44. The maximum atomic E-state index is 4.80. The number of hydrogen-bond acceptors (Lipinski definition) is 3. The molecule has 0 saturated heterocycles. The number of anilines is 1. The zero-order chi connectivity index (χ0) is 13.9. The van der Waals surface area contributed by atoms with E-state index in [0.717, 1.165) is 31.7 Å². The molecule has 0 aliphatic carbocycles. The number of nitrogens with one attached hydrogen (secondary N) is 1. The molecule has 0 radical (unpaired) electrons. The Hall–Kier alpha value is -1.78. The summed E-state index contributed by atoms with van der Waals surface area (Å²) in [4.78, 5) is 0. The summed E-state index contributed by atoms with van der Waals surface area (Å²) in [5.41, 5.74) is 2.46. The van der Waals surface area contributed by atoms with Crippen molar-refractivity contribution >= 4 is 5.82 Å². The Morgan fingerprint density at radius 3 is 3.05 bits per heavy atom. The van der Waals surface area contributed by atoms with Gasteiger partial charge in [0.2, 0.25) is 0 Å². The number of aryl methyl sites for hydroxylation is 2. The van der Waals surface area contributed by atoms with Crippen LogP contribution in [0, 0.1) is 0 Å². The molecule has 1 aliphatic heterocycles. The Morgan fingerprint density at radius 2 is 2.30 bits per heavy atom. The van der Waals surface area contributed by atoms with Crippen LogP contribution in [0.15, 0.2) is 18.5 Å². The average Bonchev–Trinajstić information content (AvgIpc) is 3.10. The molecule has 108 valence electrons. The Labute approximate surface area is 120 Å².